The van der Waals surface area contributed by atoms with Gasteiger partial charge in [-0.2, -0.15) is 5.10 Å². The highest BCUT2D eigenvalue weighted by atomic mass is 16.1. The summed E-state index contributed by atoms with van der Waals surface area (Å²) in [6, 6.07) is 1.91. The van der Waals surface area contributed by atoms with E-state index in [1.165, 1.54) is 0 Å². The molecule has 4 heteroatoms. The number of amides is 1. The van der Waals surface area contributed by atoms with E-state index in [9.17, 15) is 4.79 Å². The standard InChI is InChI=1S/C14H25N3O/c1-6-7-11-9-12(17-16-11)15-13(18)8-10(2)14(3,4)5/h9-10H,6-8H2,1-5H3,(H2,15,16,17,18). The van der Waals surface area contributed by atoms with Crippen molar-refractivity contribution < 1.29 is 4.79 Å². The molecule has 0 aromatic carbocycles. The van der Waals surface area contributed by atoms with Gasteiger partial charge in [-0.3, -0.25) is 9.89 Å². The average molecular weight is 251 g/mol. The Bertz CT molecular complexity index is 390. The van der Waals surface area contributed by atoms with Crippen LogP contribution in [-0.4, -0.2) is 16.1 Å². The molecule has 1 aromatic rings. The summed E-state index contributed by atoms with van der Waals surface area (Å²) in [7, 11) is 0. The van der Waals surface area contributed by atoms with Crippen molar-refractivity contribution in [3.8, 4) is 0 Å². The SMILES string of the molecule is CCCc1cc(NC(=O)CC(C)C(C)(C)C)n[nH]1. The third-order valence-electron chi connectivity index (χ3n) is 3.39. The van der Waals surface area contributed by atoms with Crippen LogP contribution in [0.4, 0.5) is 5.82 Å². The van der Waals surface area contributed by atoms with Crippen molar-refractivity contribution in [3.05, 3.63) is 11.8 Å². The zero-order valence-electron chi connectivity index (χ0n) is 12.1. The molecule has 0 fully saturated rings. The summed E-state index contributed by atoms with van der Waals surface area (Å²) < 4.78 is 0. The molecule has 4 nitrogen and oxygen atoms in total. The number of carbonyl (C=O) groups is 1. The Kier molecular flexibility index (Phi) is 4.93. The lowest BCUT2D eigenvalue weighted by molar-refractivity contribution is -0.117. The van der Waals surface area contributed by atoms with Gasteiger partial charge in [-0.25, -0.2) is 0 Å². The predicted molar refractivity (Wildman–Crippen MR) is 74.4 cm³/mol. The lowest BCUT2D eigenvalue weighted by Gasteiger charge is -2.26. The van der Waals surface area contributed by atoms with Crippen molar-refractivity contribution in [2.45, 2.75) is 53.9 Å². The number of aromatic amines is 1. The van der Waals surface area contributed by atoms with E-state index in [2.05, 4.69) is 50.1 Å². The van der Waals surface area contributed by atoms with Crippen molar-refractivity contribution in [3.63, 3.8) is 0 Å². The Morgan fingerprint density at radius 2 is 2.17 bits per heavy atom. The second kappa shape index (κ2) is 6.03. The van der Waals surface area contributed by atoms with Gasteiger partial charge in [-0.15, -0.1) is 0 Å². The maximum Gasteiger partial charge on any atom is 0.225 e. The minimum atomic E-state index is 0.0342. The molecule has 1 amide bonds. The van der Waals surface area contributed by atoms with Crippen LogP contribution < -0.4 is 5.32 Å². The van der Waals surface area contributed by atoms with Crippen LogP contribution in [-0.2, 0) is 11.2 Å². The summed E-state index contributed by atoms with van der Waals surface area (Å²) in [4.78, 5) is 11.9. The quantitative estimate of drug-likeness (QED) is 0.843. The number of nitrogens with one attached hydrogen (secondary N) is 2. The first-order valence-corrected chi connectivity index (χ1v) is 6.67. The maximum atomic E-state index is 11.9. The second-order valence-corrected chi connectivity index (χ2v) is 6.05. The summed E-state index contributed by atoms with van der Waals surface area (Å²) in [5.74, 6) is 1.00. The number of H-pyrrole nitrogens is 1. The molecule has 0 bridgehead atoms. The van der Waals surface area contributed by atoms with E-state index in [4.69, 9.17) is 0 Å². The fourth-order valence-electron chi connectivity index (χ4n) is 1.60. The highest BCUT2D eigenvalue weighted by Crippen LogP contribution is 2.28. The molecule has 1 rings (SSSR count). The molecule has 0 aliphatic carbocycles. The fourth-order valence-corrected chi connectivity index (χ4v) is 1.60. The summed E-state index contributed by atoms with van der Waals surface area (Å²) in [5, 5.41) is 9.86. The molecule has 1 atom stereocenters. The molecule has 1 aromatic heterocycles. The molecule has 102 valence electrons. The zero-order valence-corrected chi connectivity index (χ0v) is 12.1. The Morgan fingerprint density at radius 3 is 2.72 bits per heavy atom. The molecule has 0 spiro atoms. The van der Waals surface area contributed by atoms with E-state index in [0.29, 0.717) is 18.2 Å². The van der Waals surface area contributed by atoms with Gasteiger partial charge >= 0.3 is 0 Å². The van der Waals surface area contributed by atoms with Crippen molar-refractivity contribution in [1.29, 1.82) is 0 Å². The highest BCUT2D eigenvalue weighted by Gasteiger charge is 2.22. The average Bonchev–Trinajstić information content (AvgIpc) is 2.64. The number of aromatic nitrogens is 2. The van der Waals surface area contributed by atoms with Gasteiger partial charge in [-0.05, 0) is 17.8 Å². The van der Waals surface area contributed by atoms with Crippen molar-refractivity contribution in [1.82, 2.24) is 10.2 Å². The van der Waals surface area contributed by atoms with E-state index >= 15 is 0 Å². The maximum absolute atomic E-state index is 11.9. The van der Waals surface area contributed by atoms with Gasteiger partial charge in [0.05, 0.1) is 0 Å². The third kappa shape index (κ3) is 4.51. The summed E-state index contributed by atoms with van der Waals surface area (Å²) in [5.41, 5.74) is 1.22. The van der Waals surface area contributed by atoms with E-state index in [1.807, 2.05) is 6.07 Å². The minimum Gasteiger partial charge on any atom is -0.309 e. The Hall–Kier alpha value is -1.32. The van der Waals surface area contributed by atoms with Crippen molar-refractivity contribution in [2.75, 3.05) is 5.32 Å². The molecule has 0 saturated heterocycles. The monoisotopic (exact) mass is 251 g/mol. The van der Waals surface area contributed by atoms with Gasteiger partial charge in [0.2, 0.25) is 5.91 Å². The van der Waals surface area contributed by atoms with Gasteiger partial charge in [0.25, 0.3) is 0 Å². The molecule has 18 heavy (non-hydrogen) atoms. The van der Waals surface area contributed by atoms with Gasteiger partial charge in [-0.1, -0.05) is 41.0 Å². The van der Waals surface area contributed by atoms with Gasteiger partial charge in [0, 0.05) is 18.2 Å². The molecular formula is C14H25N3O. The van der Waals surface area contributed by atoms with Crippen molar-refractivity contribution >= 4 is 11.7 Å². The number of anilines is 1. The number of hydrogen-bond acceptors (Lipinski definition) is 2. The molecule has 0 aliphatic rings. The predicted octanol–water partition coefficient (Wildman–Crippen LogP) is 3.37. The van der Waals surface area contributed by atoms with E-state index in [1.54, 1.807) is 0 Å². The van der Waals surface area contributed by atoms with Crippen LogP contribution in [0, 0.1) is 11.3 Å². The van der Waals surface area contributed by atoms with Crippen LogP contribution in [0.25, 0.3) is 0 Å². The number of rotatable bonds is 5. The lowest BCUT2D eigenvalue weighted by atomic mass is 9.80. The van der Waals surface area contributed by atoms with Crippen LogP contribution in [0.15, 0.2) is 6.07 Å². The minimum absolute atomic E-state index is 0.0342. The first-order valence-electron chi connectivity index (χ1n) is 6.67. The van der Waals surface area contributed by atoms with Crippen LogP contribution in [0.3, 0.4) is 0 Å². The number of hydrogen-bond donors (Lipinski definition) is 2. The Morgan fingerprint density at radius 1 is 1.50 bits per heavy atom. The van der Waals surface area contributed by atoms with Crippen molar-refractivity contribution in [2.24, 2.45) is 11.3 Å². The smallest absolute Gasteiger partial charge is 0.225 e. The van der Waals surface area contributed by atoms with E-state index in [0.717, 1.165) is 18.5 Å². The van der Waals surface area contributed by atoms with Gasteiger partial charge < -0.3 is 5.32 Å². The largest absolute Gasteiger partial charge is 0.309 e. The third-order valence-corrected chi connectivity index (χ3v) is 3.39. The second-order valence-electron chi connectivity index (χ2n) is 6.05. The van der Waals surface area contributed by atoms with Gasteiger partial charge in [0.1, 0.15) is 0 Å². The Balaban J connectivity index is 2.49. The molecule has 2 N–H and O–H groups in total. The normalized spacial score (nSPS) is 13.4. The molecule has 1 heterocycles. The van der Waals surface area contributed by atoms with E-state index < -0.39 is 0 Å². The molecular weight excluding hydrogens is 226 g/mol. The topological polar surface area (TPSA) is 57.8 Å². The molecule has 1 unspecified atom stereocenters. The highest BCUT2D eigenvalue weighted by molar-refractivity contribution is 5.89. The first-order chi connectivity index (χ1) is 8.32. The van der Waals surface area contributed by atoms with Crippen LogP contribution >= 0.6 is 0 Å². The first kappa shape index (κ1) is 14.7. The molecule has 0 saturated carbocycles. The van der Waals surface area contributed by atoms with E-state index in [-0.39, 0.29) is 11.3 Å². The molecule has 0 radical (unpaired) electrons. The van der Waals surface area contributed by atoms with Gasteiger partial charge in [0.15, 0.2) is 5.82 Å². The van der Waals surface area contributed by atoms with Crippen LogP contribution in [0.5, 0.6) is 0 Å². The summed E-state index contributed by atoms with van der Waals surface area (Å²) in [6.07, 6.45) is 2.55. The summed E-state index contributed by atoms with van der Waals surface area (Å²) in [6.45, 7) is 10.7. The Labute approximate surface area is 110 Å². The fraction of sp³-hybridized carbons (Fsp3) is 0.714. The molecule has 0 aliphatic heterocycles. The number of carbonyl (C=O) groups excluding carboxylic acids is 1. The van der Waals surface area contributed by atoms with Crippen LogP contribution in [0.1, 0.15) is 53.2 Å². The summed E-state index contributed by atoms with van der Waals surface area (Å²) >= 11 is 0. The zero-order chi connectivity index (χ0) is 13.8. The van der Waals surface area contributed by atoms with Crippen LogP contribution in [0.2, 0.25) is 0 Å². The lowest BCUT2D eigenvalue weighted by Crippen LogP contribution is -2.24. The number of nitrogens with zero attached hydrogens (tertiary/aromatic N) is 1. The number of aryl methyl sites for hydroxylation is 1.